The fraction of sp³-hybridized carbons (Fsp3) is 0.300. The summed E-state index contributed by atoms with van der Waals surface area (Å²) in [5.74, 6) is 0.812. The Kier molecular flexibility index (Phi) is 18.3. The van der Waals surface area contributed by atoms with Crippen LogP contribution >= 0.6 is 11.5 Å². The molecule has 6 N–H and O–H groups in total. The molecule has 0 fully saturated rings. The van der Waals surface area contributed by atoms with Crippen molar-refractivity contribution in [1.82, 2.24) is 9.27 Å². The molecule has 4 aromatic carbocycles. The maximum Gasteiger partial charge on any atom is 0.254 e. The van der Waals surface area contributed by atoms with Crippen molar-refractivity contribution in [3.8, 4) is 16.9 Å². The van der Waals surface area contributed by atoms with E-state index in [-0.39, 0.29) is 43.0 Å². The number of hydrogen-bond acceptors (Lipinski definition) is 9. The fourth-order valence-corrected chi connectivity index (χ4v) is 6.57. The highest BCUT2D eigenvalue weighted by Gasteiger charge is 2.28. The molecule has 12 nitrogen and oxygen atoms in total. The van der Waals surface area contributed by atoms with E-state index in [2.05, 4.69) is 9.37 Å². The Labute approximate surface area is 323 Å². The number of fused-ring (bicyclic) bond motifs is 2. The SMILES string of the molecule is CC.CC.CC.CN=C(C)N.Nc1nsc2ccc(C(=O)N(CC(=O)N3CCOc4cc(-c5ccccc5S(N)(=O)=O)ccc43)Cc3ccccc3)cc12. The van der Waals surface area contributed by atoms with E-state index >= 15 is 0 Å². The highest BCUT2D eigenvalue weighted by atomic mass is 32.2. The van der Waals surface area contributed by atoms with Crippen LogP contribution < -0.4 is 26.2 Å². The monoisotopic (exact) mass is 775 g/mol. The van der Waals surface area contributed by atoms with Crippen LogP contribution in [0.3, 0.4) is 0 Å². The van der Waals surface area contributed by atoms with E-state index in [1.54, 1.807) is 67.4 Å². The Morgan fingerprint density at radius 2 is 1.56 bits per heavy atom. The van der Waals surface area contributed by atoms with Gasteiger partial charge in [-0.3, -0.25) is 14.6 Å². The van der Waals surface area contributed by atoms with Gasteiger partial charge in [-0.15, -0.1) is 0 Å². The molecular formula is C40H53N7O5S2. The molecule has 14 heteroatoms. The summed E-state index contributed by atoms with van der Waals surface area (Å²) in [6, 6.07) is 26.3. The fourth-order valence-electron chi connectivity index (χ4n) is 5.12. The number of carbonyl (C=O) groups excluding carboxylic acids is 2. The molecule has 5 aromatic rings. The van der Waals surface area contributed by atoms with Crippen LogP contribution in [0.25, 0.3) is 21.2 Å². The summed E-state index contributed by atoms with van der Waals surface area (Å²) in [5.41, 5.74) is 13.9. The standard InChI is InChI=1S/C31H27N5O5S2.C3H8N2.3C2H6/c32-30-24-16-22(11-13-27(24)42-34-30)31(38)35(18-20-6-2-1-3-7-20)19-29(37)36-14-15-41-26-17-21(10-12-25(26)36)23-8-4-5-9-28(23)43(33,39)40;1-3(4)5-2;3*1-2/h1-13,16-17H,14-15,18-19H2,(H2,32,34)(H2,33,39,40);1-2H3,(H2,4,5);3*1-2H3. The normalized spacial score (nSPS) is 11.7. The number of benzene rings is 4. The topological polar surface area (TPSA) is 187 Å². The number of primary sulfonamides is 1. The molecule has 0 spiro atoms. The summed E-state index contributed by atoms with van der Waals surface area (Å²) in [5, 5.41) is 6.14. The van der Waals surface area contributed by atoms with Gasteiger partial charge in [0.15, 0.2) is 0 Å². The highest BCUT2D eigenvalue weighted by Crippen LogP contribution is 2.37. The number of hydrogen-bond donors (Lipinski definition) is 3. The van der Waals surface area contributed by atoms with Gasteiger partial charge in [0, 0.05) is 30.1 Å². The van der Waals surface area contributed by atoms with E-state index in [1.165, 1.54) is 22.5 Å². The first-order valence-corrected chi connectivity index (χ1v) is 20.1. The van der Waals surface area contributed by atoms with Crippen LogP contribution in [-0.2, 0) is 21.4 Å². The van der Waals surface area contributed by atoms with Crippen molar-refractivity contribution >= 4 is 60.8 Å². The molecule has 0 saturated heterocycles. The Balaban J connectivity index is 0.000000826. The molecule has 0 bridgehead atoms. The second kappa shape index (κ2) is 22.0. The van der Waals surface area contributed by atoms with Gasteiger partial charge in [-0.05, 0) is 66.0 Å². The second-order valence-electron chi connectivity index (χ2n) is 10.9. The average Bonchev–Trinajstić information content (AvgIpc) is 3.58. The lowest BCUT2D eigenvalue weighted by Crippen LogP contribution is -2.45. The molecule has 6 rings (SSSR count). The maximum absolute atomic E-state index is 13.8. The predicted molar refractivity (Wildman–Crippen MR) is 224 cm³/mol. The molecule has 0 radical (unpaired) electrons. The quantitative estimate of drug-likeness (QED) is 0.113. The van der Waals surface area contributed by atoms with E-state index in [0.717, 1.165) is 10.3 Å². The summed E-state index contributed by atoms with van der Waals surface area (Å²) >= 11 is 1.26. The molecule has 1 aromatic heterocycles. The number of carbonyl (C=O) groups is 2. The van der Waals surface area contributed by atoms with Gasteiger partial charge < -0.3 is 26.0 Å². The van der Waals surface area contributed by atoms with Crippen LogP contribution in [-0.4, -0.2) is 62.1 Å². The van der Waals surface area contributed by atoms with E-state index in [4.69, 9.17) is 21.3 Å². The lowest BCUT2D eigenvalue weighted by Gasteiger charge is -2.32. The van der Waals surface area contributed by atoms with Crippen LogP contribution in [0.2, 0.25) is 0 Å². The van der Waals surface area contributed by atoms with Gasteiger partial charge in [-0.2, -0.15) is 4.37 Å². The van der Waals surface area contributed by atoms with Gasteiger partial charge >= 0.3 is 0 Å². The number of ether oxygens (including phenoxy) is 1. The van der Waals surface area contributed by atoms with Gasteiger partial charge in [0.25, 0.3) is 5.91 Å². The number of aromatic nitrogens is 1. The van der Waals surface area contributed by atoms with Crippen molar-refractivity contribution in [3.63, 3.8) is 0 Å². The Morgan fingerprint density at radius 3 is 2.19 bits per heavy atom. The summed E-state index contributed by atoms with van der Waals surface area (Å²) in [6.07, 6.45) is 0. The van der Waals surface area contributed by atoms with Crippen LogP contribution in [0.4, 0.5) is 11.5 Å². The zero-order valence-corrected chi connectivity index (χ0v) is 34.0. The zero-order valence-electron chi connectivity index (χ0n) is 32.4. The van der Waals surface area contributed by atoms with Gasteiger partial charge in [0.1, 0.15) is 24.7 Å². The minimum atomic E-state index is -3.96. The van der Waals surface area contributed by atoms with E-state index in [1.807, 2.05) is 77.9 Å². The number of aliphatic imine (C=N–C) groups is 1. The lowest BCUT2D eigenvalue weighted by molar-refractivity contribution is -0.119. The van der Waals surface area contributed by atoms with Gasteiger partial charge in [0.05, 0.1) is 27.7 Å². The first-order chi connectivity index (χ1) is 26.0. The van der Waals surface area contributed by atoms with Crippen LogP contribution in [0.1, 0.15) is 64.4 Å². The van der Waals surface area contributed by atoms with Gasteiger partial charge in [-0.25, -0.2) is 13.6 Å². The summed E-state index contributed by atoms with van der Waals surface area (Å²) < 4.78 is 35.3. The van der Waals surface area contributed by atoms with Crippen LogP contribution in [0.15, 0.2) is 101 Å². The first-order valence-electron chi connectivity index (χ1n) is 17.8. The number of nitrogens with zero attached hydrogens (tertiary/aromatic N) is 4. The van der Waals surface area contributed by atoms with Crippen molar-refractivity contribution in [2.24, 2.45) is 15.9 Å². The molecule has 0 aliphatic carbocycles. The average molecular weight is 776 g/mol. The second-order valence-corrected chi connectivity index (χ2v) is 13.2. The highest BCUT2D eigenvalue weighted by molar-refractivity contribution is 7.89. The molecular weight excluding hydrogens is 723 g/mol. The number of amides is 2. The van der Waals surface area contributed by atoms with E-state index in [9.17, 15) is 18.0 Å². The van der Waals surface area contributed by atoms with Crippen molar-refractivity contribution in [2.75, 3.05) is 37.4 Å². The smallest absolute Gasteiger partial charge is 0.254 e. The first kappa shape index (κ1) is 44.8. The van der Waals surface area contributed by atoms with Crippen LogP contribution in [0.5, 0.6) is 5.75 Å². The van der Waals surface area contributed by atoms with E-state index in [0.29, 0.717) is 45.2 Å². The zero-order chi connectivity index (χ0) is 40.4. The molecule has 1 aliphatic rings. The van der Waals surface area contributed by atoms with E-state index < -0.39 is 10.0 Å². The largest absolute Gasteiger partial charge is 0.490 e. The minimum Gasteiger partial charge on any atom is -0.490 e. The lowest BCUT2D eigenvalue weighted by atomic mass is 10.0. The Morgan fingerprint density at radius 1 is 0.926 bits per heavy atom. The number of rotatable bonds is 7. The molecule has 0 unspecified atom stereocenters. The number of sulfonamides is 1. The third kappa shape index (κ3) is 11.9. The van der Waals surface area contributed by atoms with Crippen LogP contribution in [0, 0.1) is 0 Å². The minimum absolute atomic E-state index is 0.00747. The molecule has 290 valence electrons. The predicted octanol–water partition coefficient (Wildman–Crippen LogP) is 7.33. The van der Waals surface area contributed by atoms with Crippen molar-refractivity contribution in [1.29, 1.82) is 0 Å². The molecule has 2 amide bonds. The van der Waals surface area contributed by atoms with Crippen molar-refractivity contribution in [2.45, 2.75) is 59.9 Å². The molecule has 0 atom stereocenters. The molecule has 0 saturated carbocycles. The number of nitrogens with two attached hydrogens (primary N) is 3. The van der Waals surface area contributed by atoms with Gasteiger partial charge in [0.2, 0.25) is 15.9 Å². The third-order valence-corrected chi connectivity index (χ3v) is 9.37. The number of amidine groups is 1. The Hall–Kier alpha value is -5.31. The summed E-state index contributed by atoms with van der Waals surface area (Å²) in [7, 11) is -2.30. The molecule has 2 heterocycles. The molecule has 1 aliphatic heterocycles. The maximum atomic E-state index is 13.8. The summed E-state index contributed by atoms with van der Waals surface area (Å²) in [6.45, 7) is 14.3. The van der Waals surface area contributed by atoms with Gasteiger partial charge in [-0.1, -0.05) is 96.1 Å². The number of nitrogen functional groups attached to an aromatic ring is 1. The van der Waals surface area contributed by atoms with Crippen molar-refractivity contribution < 1.29 is 22.7 Å². The third-order valence-electron chi connectivity index (χ3n) is 7.56. The molecule has 54 heavy (non-hydrogen) atoms. The Bertz CT molecular complexity index is 2100. The summed E-state index contributed by atoms with van der Waals surface area (Å²) in [4.78, 5) is 34.3. The number of anilines is 2. The van der Waals surface area contributed by atoms with Crippen molar-refractivity contribution in [3.05, 3.63) is 102 Å².